The molecule has 0 radical (unpaired) electrons. The third kappa shape index (κ3) is 5.25. The smallest absolute Gasteiger partial charge is 0.164 e. The van der Waals surface area contributed by atoms with Gasteiger partial charge >= 0.3 is 0 Å². The molecule has 0 amide bonds. The summed E-state index contributed by atoms with van der Waals surface area (Å²) in [5.74, 6) is 1.93. The normalized spacial score (nSPS) is 11.5. The van der Waals surface area contributed by atoms with Crippen LogP contribution < -0.4 is 0 Å². The SMILES string of the molecule is c1ccc(-c2ccc(-c3nc(-c4cccc(-c5ccccc5)c4)nc(-c4ccc5c(ccc6ccc7sc8ccccc8c7c65)c4)n3)cc2)cc1. The van der Waals surface area contributed by atoms with Crippen molar-refractivity contribution >= 4 is 53.1 Å². The molecule has 0 aliphatic heterocycles. The third-order valence-corrected chi connectivity index (χ3v) is 10.8. The number of thiophene rings is 1. The van der Waals surface area contributed by atoms with Gasteiger partial charge in [0.1, 0.15) is 0 Å². The first-order valence-electron chi connectivity index (χ1n) is 17.1. The predicted molar refractivity (Wildman–Crippen MR) is 215 cm³/mol. The summed E-state index contributed by atoms with van der Waals surface area (Å²) in [6, 6.07) is 62.1. The Hall–Kier alpha value is -6.49. The zero-order valence-electron chi connectivity index (χ0n) is 27.5. The zero-order valence-corrected chi connectivity index (χ0v) is 28.3. The maximum atomic E-state index is 5.13. The number of benzene rings is 8. The second-order valence-electron chi connectivity index (χ2n) is 12.8. The van der Waals surface area contributed by atoms with E-state index in [1.165, 1.54) is 41.9 Å². The quantitative estimate of drug-likeness (QED) is 0.171. The molecule has 2 heterocycles. The van der Waals surface area contributed by atoms with E-state index in [1.807, 2.05) is 23.5 Å². The van der Waals surface area contributed by atoms with Crippen LogP contribution in [0.25, 0.3) is 98.1 Å². The molecule has 0 saturated heterocycles. The highest BCUT2D eigenvalue weighted by atomic mass is 32.1. The van der Waals surface area contributed by atoms with Gasteiger partial charge in [0.25, 0.3) is 0 Å². The number of nitrogens with zero attached hydrogens (tertiary/aromatic N) is 3. The van der Waals surface area contributed by atoms with Gasteiger partial charge in [0.15, 0.2) is 17.5 Å². The Morgan fingerprint density at radius 3 is 1.59 bits per heavy atom. The molecule has 0 fully saturated rings. The van der Waals surface area contributed by atoms with E-state index in [2.05, 4.69) is 164 Å². The molecule has 0 unspecified atom stereocenters. The Morgan fingerprint density at radius 2 is 0.824 bits per heavy atom. The van der Waals surface area contributed by atoms with Gasteiger partial charge in [-0.2, -0.15) is 0 Å². The van der Waals surface area contributed by atoms with E-state index in [1.54, 1.807) is 0 Å². The van der Waals surface area contributed by atoms with Gasteiger partial charge in [-0.25, -0.2) is 15.0 Å². The van der Waals surface area contributed by atoms with Gasteiger partial charge < -0.3 is 0 Å². The molecule has 238 valence electrons. The number of aromatic nitrogens is 3. The first-order valence-corrected chi connectivity index (χ1v) is 17.9. The molecule has 0 spiro atoms. The van der Waals surface area contributed by atoms with E-state index in [0.29, 0.717) is 17.5 Å². The number of hydrogen-bond donors (Lipinski definition) is 0. The maximum Gasteiger partial charge on any atom is 0.164 e. The van der Waals surface area contributed by atoms with E-state index in [0.717, 1.165) is 38.8 Å². The minimum absolute atomic E-state index is 0.643. The van der Waals surface area contributed by atoms with Crippen molar-refractivity contribution in [3.8, 4) is 56.4 Å². The van der Waals surface area contributed by atoms with Crippen molar-refractivity contribution in [1.29, 1.82) is 0 Å². The van der Waals surface area contributed by atoms with Crippen LogP contribution in [0, 0.1) is 0 Å². The molecule has 2 aromatic heterocycles. The lowest BCUT2D eigenvalue weighted by Gasteiger charge is -2.11. The van der Waals surface area contributed by atoms with Crippen LogP contribution in [0.5, 0.6) is 0 Å². The fourth-order valence-electron chi connectivity index (χ4n) is 7.18. The molecule has 0 bridgehead atoms. The van der Waals surface area contributed by atoms with Crippen molar-refractivity contribution in [2.75, 3.05) is 0 Å². The summed E-state index contributed by atoms with van der Waals surface area (Å²) in [5, 5.41) is 7.56. The van der Waals surface area contributed by atoms with E-state index in [9.17, 15) is 0 Å². The van der Waals surface area contributed by atoms with Crippen LogP contribution >= 0.6 is 11.3 Å². The number of hydrogen-bond acceptors (Lipinski definition) is 4. The summed E-state index contributed by atoms with van der Waals surface area (Å²) in [7, 11) is 0. The molecule has 0 atom stereocenters. The fraction of sp³-hybridized carbons (Fsp3) is 0. The van der Waals surface area contributed by atoms with Crippen molar-refractivity contribution in [3.05, 3.63) is 176 Å². The van der Waals surface area contributed by atoms with Gasteiger partial charge in [0.2, 0.25) is 0 Å². The van der Waals surface area contributed by atoms with Crippen molar-refractivity contribution in [1.82, 2.24) is 15.0 Å². The van der Waals surface area contributed by atoms with E-state index >= 15 is 0 Å². The number of rotatable bonds is 5. The van der Waals surface area contributed by atoms with Crippen LogP contribution in [-0.4, -0.2) is 15.0 Å². The van der Waals surface area contributed by atoms with Crippen molar-refractivity contribution in [3.63, 3.8) is 0 Å². The molecule has 0 N–H and O–H groups in total. The van der Waals surface area contributed by atoms with Crippen LogP contribution in [0.2, 0.25) is 0 Å². The molecule has 0 aliphatic rings. The van der Waals surface area contributed by atoms with Gasteiger partial charge in [-0.15, -0.1) is 11.3 Å². The third-order valence-electron chi connectivity index (χ3n) is 9.71. The van der Waals surface area contributed by atoms with Crippen molar-refractivity contribution in [2.24, 2.45) is 0 Å². The summed E-state index contributed by atoms with van der Waals surface area (Å²) in [4.78, 5) is 15.3. The minimum Gasteiger partial charge on any atom is -0.208 e. The lowest BCUT2D eigenvalue weighted by atomic mass is 9.96. The zero-order chi connectivity index (χ0) is 33.7. The van der Waals surface area contributed by atoms with Crippen LogP contribution in [0.1, 0.15) is 0 Å². The molecule has 4 heteroatoms. The van der Waals surface area contributed by atoms with E-state index < -0.39 is 0 Å². The van der Waals surface area contributed by atoms with Crippen molar-refractivity contribution in [2.45, 2.75) is 0 Å². The van der Waals surface area contributed by atoms with Gasteiger partial charge in [-0.3, -0.25) is 0 Å². The monoisotopic (exact) mass is 667 g/mol. The Labute approximate surface area is 299 Å². The maximum absolute atomic E-state index is 5.13. The highest BCUT2D eigenvalue weighted by Crippen LogP contribution is 2.41. The molecule has 10 aromatic rings. The lowest BCUT2D eigenvalue weighted by molar-refractivity contribution is 1.07. The van der Waals surface area contributed by atoms with Gasteiger partial charge in [-0.1, -0.05) is 152 Å². The molecule has 51 heavy (non-hydrogen) atoms. The lowest BCUT2D eigenvalue weighted by Crippen LogP contribution is -2.00. The molecular weight excluding hydrogens is 639 g/mol. The molecule has 10 rings (SSSR count). The van der Waals surface area contributed by atoms with Gasteiger partial charge in [0.05, 0.1) is 0 Å². The van der Waals surface area contributed by atoms with Gasteiger partial charge in [-0.05, 0) is 68.1 Å². The topological polar surface area (TPSA) is 38.7 Å². The Balaban J connectivity index is 1.14. The van der Waals surface area contributed by atoms with Gasteiger partial charge in [0, 0.05) is 36.9 Å². The largest absolute Gasteiger partial charge is 0.208 e. The standard InChI is InChI=1S/C47H29N3S/c1-3-10-30(11-4-1)32-18-21-34(22-19-32)45-48-46(37-15-9-14-35(28-37)31-12-5-2-6-13-31)50-47(49-45)38-24-26-39-36(29-38)23-20-33-25-27-42-44(43(33)39)40-16-7-8-17-41(40)51-42/h1-29H. The minimum atomic E-state index is 0.643. The second kappa shape index (κ2) is 12.1. The summed E-state index contributed by atoms with van der Waals surface area (Å²) < 4.78 is 2.62. The Kier molecular flexibility index (Phi) is 7.00. The average molecular weight is 668 g/mol. The molecule has 8 aromatic carbocycles. The molecule has 0 saturated carbocycles. The highest BCUT2D eigenvalue weighted by molar-refractivity contribution is 7.26. The fourth-order valence-corrected chi connectivity index (χ4v) is 8.30. The first-order chi connectivity index (χ1) is 25.2. The summed E-state index contributed by atoms with van der Waals surface area (Å²) in [6.45, 7) is 0. The molecular formula is C47H29N3S. The van der Waals surface area contributed by atoms with Crippen LogP contribution in [0.3, 0.4) is 0 Å². The summed E-state index contributed by atoms with van der Waals surface area (Å²) >= 11 is 1.86. The molecule has 0 aliphatic carbocycles. The average Bonchev–Trinajstić information content (AvgIpc) is 3.60. The first kappa shape index (κ1) is 29.4. The second-order valence-corrected chi connectivity index (χ2v) is 13.9. The van der Waals surface area contributed by atoms with Crippen LogP contribution in [0.4, 0.5) is 0 Å². The Morgan fingerprint density at radius 1 is 0.294 bits per heavy atom. The number of fused-ring (bicyclic) bond motifs is 7. The predicted octanol–water partition coefficient (Wildman–Crippen LogP) is 12.9. The van der Waals surface area contributed by atoms with Crippen LogP contribution in [-0.2, 0) is 0 Å². The van der Waals surface area contributed by atoms with Crippen LogP contribution in [0.15, 0.2) is 176 Å². The Bertz CT molecular complexity index is 2900. The van der Waals surface area contributed by atoms with Crippen molar-refractivity contribution < 1.29 is 0 Å². The van der Waals surface area contributed by atoms with E-state index in [-0.39, 0.29) is 0 Å². The summed E-state index contributed by atoms with van der Waals surface area (Å²) in [6.07, 6.45) is 0. The van der Waals surface area contributed by atoms with E-state index in [4.69, 9.17) is 15.0 Å². The molecule has 3 nitrogen and oxygen atoms in total. The summed E-state index contributed by atoms with van der Waals surface area (Å²) in [5.41, 5.74) is 7.44. The highest BCUT2D eigenvalue weighted by Gasteiger charge is 2.16.